The van der Waals surface area contributed by atoms with Gasteiger partial charge in [-0.25, -0.2) is 13.6 Å². The van der Waals surface area contributed by atoms with Crippen LogP contribution in [0.2, 0.25) is 0 Å². The molecule has 2 aromatic rings. The molecule has 17 heavy (non-hydrogen) atoms. The second-order valence-electron chi connectivity index (χ2n) is 3.69. The highest BCUT2D eigenvalue weighted by Crippen LogP contribution is 2.27. The molecule has 0 atom stereocenters. The van der Waals surface area contributed by atoms with Crippen molar-refractivity contribution in [2.75, 3.05) is 24.2 Å². The number of alkyl halides is 2. The number of nitrogens with zero attached hydrogens (tertiary/aromatic N) is 1. The number of benzene rings is 1. The Morgan fingerprint density at radius 2 is 2.24 bits per heavy atom. The predicted molar refractivity (Wildman–Crippen MR) is 60.5 cm³/mol. The first-order valence-corrected chi connectivity index (χ1v) is 4.89. The number of rotatable bonds is 3. The van der Waals surface area contributed by atoms with E-state index in [0.29, 0.717) is 16.8 Å². The van der Waals surface area contributed by atoms with Crippen molar-refractivity contribution < 1.29 is 13.2 Å². The van der Waals surface area contributed by atoms with Crippen molar-refractivity contribution in [1.29, 1.82) is 0 Å². The van der Waals surface area contributed by atoms with Crippen LogP contribution in [0.1, 0.15) is 0 Å². The molecule has 92 valence electrons. The van der Waals surface area contributed by atoms with E-state index in [9.17, 15) is 13.6 Å². The van der Waals surface area contributed by atoms with Crippen LogP contribution in [-0.2, 0) is 0 Å². The summed E-state index contributed by atoms with van der Waals surface area (Å²) in [6.07, 6.45) is -2.46. The topological polar surface area (TPSA) is 75.3 Å². The number of H-pyrrole nitrogens is 1. The maximum absolute atomic E-state index is 12.3. The lowest BCUT2D eigenvalue weighted by Gasteiger charge is -2.20. The van der Waals surface area contributed by atoms with Crippen molar-refractivity contribution in [2.24, 2.45) is 0 Å². The van der Waals surface area contributed by atoms with Crippen LogP contribution in [0.25, 0.3) is 11.1 Å². The molecule has 0 amide bonds. The molecule has 7 heteroatoms. The minimum Gasteiger partial charge on any atom is -0.408 e. The van der Waals surface area contributed by atoms with Crippen LogP contribution in [0.3, 0.4) is 0 Å². The minimum absolute atomic E-state index is 0.281. The number of aromatic amines is 1. The number of nitrogens with one attached hydrogen (secondary N) is 1. The average Bonchev–Trinajstić information content (AvgIpc) is 2.54. The quantitative estimate of drug-likeness (QED) is 0.799. The van der Waals surface area contributed by atoms with Gasteiger partial charge in [0, 0.05) is 13.1 Å². The highest BCUT2D eigenvalue weighted by atomic mass is 19.3. The van der Waals surface area contributed by atoms with E-state index in [4.69, 9.17) is 10.2 Å². The Kier molecular flexibility index (Phi) is 2.74. The van der Waals surface area contributed by atoms with Gasteiger partial charge in [0.15, 0.2) is 5.58 Å². The van der Waals surface area contributed by atoms with Crippen molar-refractivity contribution >= 4 is 22.5 Å². The molecule has 5 nitrogen and oxygen atoms in total. The summed E-state index contributed by atoms with van der Waals surface area (Å²) >= 11 is 0. The standard InChI is InChI=1S/C10H11F2N3O2/c1-15(4-9(11)12)7-3-6-8(2-5(7)13)17-10(16)14-6/h2-3,9H,4,13H2,1H3,(H,14,16). The maximum Gasteiger partial charge on any atom is 0.417 e. The molecule has 0 radical (unpaired) electrons. The summed E-state index contributed by atoms with van der Waals surface area (Å²) in [5, 5.41) is 0. The molecule has 0 aliphatic rings. The van der Waals surface area contributed by atoms with Gasteiger partial charge in [-0.1, -0.05) is 0 Å². The highest BCUT2D eigenvalue weighted by Gasteiger charge is 2.13. The van der Waals surface area contributed by atoms with E-state index >= 15 is 0 Å². The molecule has 1 aromatic carbocycles. The summed E-state index contributed by atoms with van der Waals surface area (Å²) in [5.41, 5.74) is 7.15. The Labute approximate surface area is 94.8 Å². The van der Waals surface area contributed by atoms with E-state index in [1.54, 1.807) is 0 Å². The molecular formula is C10H11F2N3O2. The molecule has 0 saturated carbocycles. The van der Waals surface area contributed by atoms with Crippen LogP contribution < -0.4 is 16.4 Å². The largest absolute Gasteiger partial charge is 0.417 e. The molecule has 0 spiro atoms. The van der Waals surface area contributed by atoms with E-state index in [-0.39, 0.29) is 5.69 Å². The van der Waals surface area contributed by atoms with Crippen molar-refractivity contribution in [2.45, 2.75) is 6.43 Å². The second kappa shape index (κ2) is 4.08. The number of fused-ring (bicyclic) bond motifs is 1. The Balaban J connectivity index is 2.46. The average molecular weight is 243 g/mol. The van der Waals surface area contributed by atoms with Crippen LogP contribution in [0.15, 0.2) is 21.3 Å². The third kappa shape index (κ3) is 2.22. The number of hydrogen-bond acceptors (Lipinski definition) is 4. The number of oxazole rings is 1. The molecule has 0 fully saturated rings. The molecule has 0 unspecified atom stereocenters. The summed E-state index contributed by atoms with van der Waals surface area (Å²) < 4.78 is 29.3. The van der Waals surface area contributed by atoms with Gasteiger partial charge < -0.3 is 15.1 Å². The van der Waals surface area contributed by atoms with Gasteiger partial charge in [0.1, 0.15) is 0 Å². The monoisotopic (exact) mass is 243 g/mol. The van der Waals surface area contributed by atoms with Gasteiger partial charge in [0.2, 0.25) is 0 Å². The SMILES string of the molecule is CN(CC(F)F)c1cc2[nH]c(=O)oc2cc1N. The van der Waals surface area contributed by atoms with Crippen LogP contribution in [0.4, 0.5) is 20.2 Å². The zero-order valence-electron chi connectivity index (χ0n) is 9.04. The van der Waals surface area contributed by atoms with Gasteiger partial charge in [-0.05, 0) is 6.07 Å². The van der Waals surface area contributed by atoms with Gasteiger partial charge in [0.25, 0.3) is 6.43 Å². The number of aromatic nitrogens is 1. The van der Waals surface area contributed by atoms with E-state index in [0.717, 1.165) is 0 Å². The molecule has 2 rings (SSSR count). The molecule has 0 bridgehead atoms. The first kappa shape index (κ1) is 11.4. The van der Waals surface area contributed by atoms with Gasteiger partial charge >= 0.3 is 5.76 Å². The first-order valence-electron chi connectivity index (χ1n) is 4.89. The first-order chi connectivity index (χ1) is 7.97. The van der Waals surface area contributed by atoms with Crippen LogP contribution in [0.5, 0.6) is 0 Å². The zero-order chi connectivity index (χ0) is 12.6. The molecule has 0 aliphatic heterocycles. The fourth-order valence-electron chi connectivity index (χ4n) is 1.64. The third-order valence-electron chi connectivity index (χ3n) is 2.39. The summed E-state index contributed by atoms with van der Waals surface area (Å²) in [7, 11) is 1.50. The number of nitrogen functional groups attached to an aromatic ring is 1. The van der Waals surface area contributed by atoms with Gasteiger partial charge in [0.05, 0.1) is 23.4 Å². The fourth-order valence-corrected chi connectivity index (χ4v) is 1.64. The Bertz CT molecular complexity index is 591. The molecule has 1 aromatic heterocycles. The maximum atomic E-state index is 12.3. The Morgan fingerprint density at radius 1 is 1.53 bits per heavy atom. The fraction of sp³-hybridized carbons (Fsp3) is 0.300. The van der Waals surface area contributed by atoms with Crippen molar-refractivity contribution in [1.82, 2.24) is 4.98 Å². The van der Waals surface area contributed by atoms with Gasteiger partial charge in [-0.15, -0.1) is 0 Å². The lowest BCUT2D eigenvalue weighted by atomic mass is 10.2. The summed E-state index contributed by atoms with van der Waals surface area (Å²) in [6, 6.07) is 2.95. The normalized spacial score (nSPS) is 11.3. The van der Waals surface area contributed by atoms with Gasteiger partial charge in [-0.2, -0.15) is 0 Å². The molecule has 1 heterocycles. The smallest absolute Gasteiger partial charge is 0.408 e. The van der Waals surface area contributed by atoms with E-state index in [1.165, 1.54) is 24.1 Å². The summed E-state index contributed by atoms with van der Waals surface area (Å²) in [6.45, 7) is -0.433. The number of halogens is 2. The highest BCUT2D eigenvalue weighted by molar-refractivity contribution is 5.85. The number of nitrogens with two attached hydrogens (primary N) is 1. The summed E-state index contributed by atoms with van der Waals surface area (Å²) in [5.74, 6) is -0.604. The zero-order valence-corrected chi connectivity index (χ0v) is 9.04. The lowest BCUT2D eigenvalue weighted by Crippen LogP contribution is -2.24. The second-order valence-corrected chi connectivity index (χ2v) is 3.69. The molecule has 3 N–H and O–H groups in total. The number of anilines is 2. The predicted octanol–water partition coefficient (Wildman–Crippen LogP) is 1.40. The number of hydrogen-bond donors (Lipinski definition) is 2. The third-order valence-corrected chi connectivity index (χ3v) is 2.39. The summed E-state index contributed by atoms with van der Waals surface area (Å²) in [4.78, 5) is 14.7. The van der Waals surface area contributed by atoms with Crippen LogP contribution in [-0.4, -0.2) is 25.0 Å². The Hall–Kier alpha value is -2.05. The van der Waals surface area contributed by atoms with Crippen molar-refractivity contribution in [3.8, 4) is 0 Å². The van der Waals surface area contributed by atoms with E-state index in [1.807, 2.05) is 0 Å². The van der Waals surface area contributed by atoms with Crippen molar-refractivity contribution in [3.63, 3.8) is 0 Å². The molecule has 0 aliphatic carbocycles. The Morgan fingerprint density at radius 3 is 2.88 bits per heavy atom. The lowest BCUT2D eigenvalue weighted by molar-refractivity contribution is 0.156. The van der Waals surface area contributed by atoms with Gasteiger partial charge in [-0.3, -0.25) is 4.98 Å². The van der Waals surface area contributed by atoms with E-state index in [2.05, 4.69) is 4.98 Å². The van der Waals surface area contributed by atoms with Crippen LogP contribution in [0, 0.1) is 0 Å². The molecule has 0 saturated heterocycles. The van der Waals surface area contributed by atoms with E-state index < -0.39 is 18.7 Å². The minimum atomic E-state index is -2.46. The molecular weight excluding hydrogens is 232 g/mol. The van der Waals surface area contributed by atoms with Crippen molar-refractivity contribution in [3.05, 3.63) is 22.7 Å². The van der Waals surface area contributed by atoms with Crippen LogP contribution >= 0.6 is 0 Å².